The molecule has 9 heavy (non-hydrogen) atoms. The van der Waals surface area contributed by atoms with Crippen LogP contribution in [0.15, 0.2) is 0 Å². The third-order valence-corrected chi connectivity index (χ3v) is 1.12. The Morgan fingerprint density at radius 2 is 1.33 bits per heavy atom. The molecular formula is C6H16ClNO. The average Bonchev–Trinajstić information content (AvgIpc) is 1.31. The van der Waals surface area contributed by atoms with Crippen LogP contribution in [-0.4, -0.2) is 11.2 Å². The lowest BCUT2D eigenvalue weighted by Crippen LogP contribution is -2.14. The molecule has 0 aliphatic carbocycles. The van der Waals surface area contributed by atoms with Crippen LogP contribution in [0.3, 0.4) is 0 Å². The van der Waals surface area contributed by atoms with Crippen LogP contribution in [-0.2, 0) is 0 Å². The molecule has 0 bridgehead atoms. The standard InChI is InChI=1S/C6H13N.ClH.H2O/c1-5(7)6(2,3)4;;/h7H,1-4H3;1H;1H2. The fraction of sp³-hybridized carbons (Fsp3) is 0.833. The van der Waals surface area contributed by atoms with Gasteiger partial charge >= 0.3 is 0 Å². The van der Waals surface area contributed by atoms with Crippen LogP contribution in [0.1, 0.15) is 27.7 Å². The van der Waals surface area contributed by atoms with Crippen molar-refractivity contribution in [2.24, 2.45) is 5.41 Å². The molecule has 0 heterocycles. The van der Waals surface area contributed by atoms with Crippen LogP contribution < -0.4 is 0 Å². The van der Waals surface area contributed by atoms with Crippen molar-refractivity contribution in [1.82, 2.24) is 0 Å². The van der Waals surface area contributed by atoms with Gasteiger partial charge in [0, 0.05) is 5.71 Å². The van der Waals surface area contributed by atoms with Gasteiger partial charge in [-0.25, -0.2) is 0 Å². The number of hydrogen-bond donors (Lipinski definition) is 1. The average molecular weight is 154 g/mol. The zero-order valence-corrected chi connectivity index (χ0v) is 7.22. The van der Waals surface area contributed by atoms with E-state index >= 15 is 0 Å². The molecule has 0 aromatic rings. The zero-order valence-electron chi connectivity index (χ0n) is 6.41. The van der Waals surface area contributed by atoms with Gasteiger partial charge < -0.3 is 10.9 Å². The predicted octanol–water partition coefficient (Wildman–Crippen LogP) is 1.67. The van der Waals surface area contributed by atoms with E-state index in [4.69, 9.17) is 5.41 Å². The van der Waals surface area contributed by atoms with E-state index in [1.807, 2.05) is 27.7 Å². The molecule has 0 aromatic heterocycles. The van der Waals surface area contributed by atoms with Crippen molar-refractivity contribution in [3.8, 4) is 0 Å². The summed E-state index contributed by atoms with van der Waals surface area (Å²) in [4.78, 5) is 0. The van der Waals surface area contributed by atoms with Crippen LogP contribution in [0, 0.1) is 10.8 Å². The van der Waals surface area contributed by atoms with Gasteiger partial charge in [-0.15, -0.1) is 12.4 Å². The van der Waals surface area contributed by atoms with Crippen molar-refractivity contribution >= 4 is 18.1 Å². The van der Waals surface area contributed by atoms with Gasteiger partial charge in [-0.3, -0.25) is 0 Å². The third-order valence-electron chi connectivity index (χ3n) is 1.12. The minimum Gasteiger partial charge on any atom is -0.412 e. The lowest BCUT2D eigenvalue weighted by atomic mass is 9.91. The van der Waals surface area contributed by atoms with Gasteiger partial charge in [0.1, 0.15) is 0 Å². The van der Waals surface area contributed by atoms with E-state index in [1.165, 1.54) is 0 Å². The molecule has 0 rings (SSSR count). The molecule has 0 spiro atoms. The van der Waals surface area contributed by atoms with Crippen LogP contribution in [0.4, 0.5) is 0 Å². The maximum absolute atomic E-state index is 7.15. The Morgan fingerprint density at radius 1 is 1.22 bits per heavy atom. The van der Waals surface area contributed by atoms with Gasteiger partial charge in [-0.1, -0.05) is 20.8 Å². The molecule has 0 unspecified atom stereocenters. The SMILES string of the molecule is CC(=N)C(C)(C)C.Cl.O. The van der Waals surface area contributed by atoms with E-state index in [0.717, 1.165) is 5.71 Å². The fourth-order valence-corrected chi connectivity index (χ4v) is 0. The molecule has 0 radical (unpaired) electrons. The first-order valence-electron chi connectivity index (χ1n) is 2.50. The molecule has 0 fully saturated rings. The van der Waals surface area contributed by atoms with Crippen molar-refractivity contribution in [2.45, 2.75) is 27.7 Å². The summed E-state index contributed by atoms with van der Waals surface area (Å²) >= 11 is 0. The monoisotopic (exact) mass is 153 g/mol. The molecular weight excluding hydrogens is 138 g/mol. The van der Waals surface area contributed by atoms with Gasteiger partial charge in [-0.05, 0) is 12.3 Å². The first kappa shape index (κ1) is 16.0. The summed E-state index contributed by atoms with van der Waals surface area (Å²) in [6.07, 6.45) is 0. The van der Waals surface area contributed by atoms with Crippen molar-refractivity contribution in [3.63, 3.8) is 0 Å². The van der Waals surface area contributed by atoms with Crippen molar-refractivity contribution in [3.05, 3.63) is 0 Å². The second-order valence-electron chi connectivity index (χ2n) is 2.88. The van der Waals surface area contributed by atoms with Crippen LogP contribution in [0.25, 0.3) is 0 Å². The van der Waals surface area contributed by atoms with Crippen LogP contribution in [0.2, 0.25) is 0 Å². The van der Waals surface area contributed by atoms with E-state index in [1.54, 1.807) is 0 Å². The molecule has 0 aliphatic rings. The maximum atomic E-state index is 7.15. The largest absolute Gasteiger partial charge is 0.412 e. The quantitative estimate of drug-likeness (QED) is 0.515. The highest BCUT2D eigenvalue weighted by atomic mass is 35.5. The number of nitrogens with one attached hydrogen (secondary N) is 1. The van der Waals surface area contributed by atoms with E-state index in [0.29, 0.717) is 0 Å². The molecule has 2 nitrogen and oxygen atoms in total. The van der Waals surface area contributed by atoms with Gasteiger partial charge in [0.2, 0.25) is 0 Å². The summed E-state index contributed by atoms with van der Waals surface area (Å²) in [6.45, 7) is 7.94. The van der Waals surface area contributed by atoms with Gasteiger partial charge in [-0.2, -0.15) is 0 Å². The first-order chi connectivity index (χ1) is 2.94. The van der Waals surface area contributed by atoms with E-state index in [2.05, 4.69) is 0 Å². The molecule has 0 saturated carbocycles. The smallest absolute Gasteiger partial charge is 0.0112 e. The maximum Gasteiger partial charge on any atom is 0.0112 e. The molecule has 0 atom stereocenters. The Kier molecular flexibility index (Phi) is 8.46. The van der Waals surface area contributed by atoms with Gasteiger partial charge in [0.15, 0.2) is 0 Å². The Morgan fingerprint density at radius 3 is 1.33 bits per heavy atom. The minimum absolute atomic E-state index is 0. The van der Waals surface area contributed by atoms with Crippen LogP contribution in [0.5, 0.6) is 0 Å². The molecule has 3 N–H and O–H groups in total. The summed E-state index contributed by atoms with van der Waals surface area (Å²) in [7, 11) is 0. The summed E-state index contributed by atoms with van der Waals surface area (Å²) in [5.41, 5.74) is 0.826. The number of halogens is 1. The Balaban J connectivity index is -0.000000180. The van der Waals surface area contributed by atoms with Crippen LogP contribution >= 0.6 is 12.4 Å². The lowest BCUT2D eigenvalue weighted by molar-refractivity contribution is 0.584. The summed E-state index contributed by atoms with van der Waals surface area (Å²) < 4.78 is 0. The Hall–Kier alpha value is -0.0800. The molecule has 3 heteroatoms. The summed E-state index contributed by atoms with van der Waals surface area (Å²) in [5.74, 6) is 0. The van der Waals surface area contributed by atoms with E-state index < -0.39 is 0 Å². The van der Waals surface area contributed by atoms with Crippen molar-refractivity contribution in [1.29, 1.82) is 5.41 Å². The normalized spacial score (nSPS) is 8.89. The molecule has 58 valence electrons. The minimum atomic E-state index is 0. The van der Waals surface area contributed by atoms with E-state index in [-0.39, 0.29) is 23.3 Å². The predicted molar refractivity (Wildman–Crippen MR) is 43.7 cm³/mol. The first-order valence-corrected chi connectivity index (χ1v) is 2.50. The second kappa shape index (κ2) is 4.77. The molecule has 0 aliphatic heterocycles. The topological polar surface area (TPSA) is 55.4 Å². The van der Waals surface area contributed by atoms with Crippen molar-refractivity contribution < 1.29 is 5.48 Å². The lowest BCUT2D eigenvalue weighted by Gasteiger charge is -2.14. The number of rotatable bonds is 0. The van der Waals surface area contributed by atoms with E-state index in [9.17, 15) is 0 Å². The van der Waals surface area contributed by atoms with Crippen molar-refractivity contribution in [2.75, 3.05) is 0 Å². The highest BCUT2D eigenvalue weighted by Gasteiger charge is 2.10. The number of hydrogen-bond acceptors (Lipinski definition) is 1. The van der Waals surface area contributed by atoms with Gasteiger partial charge in [0.05, 0.1) is 0 Å². The Labute approximate surface area is 62.9 Å². The third kappa shape index (κ3) is 7.92. The molecule has 0 saturated heterocycles. The summed E-state index contributed by atoms with van der Waals surface area (Å²) in [5, 5.41) is 7.15. The van der Waals surface area contributed by atoms with Gasteiger partial charge in [0.25, 0.3) is 0 Å². The zero-order chi connectivity index (χ0) is 6.08. The Bertz CT molecular complexity index is 85.5. The molecule has 0 aromatic carbocycles. The highest BCUT2D eigenvalue weighted by Crippen LogP contribution is 2.13. The summed E-state index contributed by atoms with van der Waals surface area (Å²) in [6, 6.07) is 0. The highest BCUT2D eigenvalue weighted by molar-refractivity contribution is 5.85. The fourth-order valence-electron chi connectivity index (χ4n) is 0. The second-order valence-corrected chi connectivity index (χ2v) is 2.88. The molecule has 0 amide bonds.